The monoisotopic (exact) mass is 437 g/mol. The second-order valence-corrected chi connectivity index (χ2v) is 10.8. The second-order valence-electron chi connectivity index (χ2n) is 8.61. The number of ether oxygens (including phenoxy) is 1. The van der Waals surface area contributed by atoms with E-state index in [0.717, 1.165) is 5.56 Å². The van der Waals surface area contributed by atoms with Crippen LogP contribution in [0.15, 0.2) is 30.3 Å². The average Bonchev–Trinajstić information content (AvgIpc) is 2.98. The number of nitrogens with one attached hydrogen (secondary N) is 3. The van der Waals surface area contributed by atoms with Crippen molar-refractivity contribution in [3.63, 3.8) is 0 Å². The normalized spacial score (nSPS) is 26.3. The molecule has 3 N–H and O–H groups in total. The zero-order valence-corrected chi connectivity index (χ0v) is 18.3. The molecule has 30 heavy (non-hydrogen) atoms. The first-order valence-electron chi connectivity index (χ1n) is 10.4. The smallest absolute Gasteiger partial charge is 0.315 e. The van der Waals surface area contributed by atoms with Gasteiger partial charge in [0.25, 0.3) is 0 Å². The highest BCUT2D eigenvalue weighted by molar-refractivity contribution is 7.91. The van der Waals surface area contributed by atoms with Gasteiger partial charge in [0, 0.05) is 19.2 Å². The van der Waals surface area contributed by atoms with Crippen molar-refractivity contribution in [3.8, 4) is 0 Å². The van der Waals surface area contributed by atoms with Crippen molar-refractivity contribution in [2.45, 2.75) is 57.3 Å². The molecule has 0 aliphatic carbocycles. The lowest BCUT2D eigenvalue weighted by Gasteiger charge is -2.38. The van der Waals surface area contributed by atoms with Gasteiger partial charge in [-0.1, -0.05) is 44.2 Å². The van der Waals surface area contributed by atoms with E-state index in [1.807, 2.05) is 44.2 Å². The molecule has 3 rings (SSSR count). The summed E-state index contributed by atoms with van der Waals surface area (Å²) >= 11 is 0. The van der Waals surface area contributed by atoms with Gasteiger partial charge in [-0.3, -0.25) is 4.79 Å². The molecule has 2 aliphatic rings. The summed E-state index contributed by atoms with van der Waals surface area (Å²) in [6, 6.07) is 8.27. The SMILES string of the molecule is CC(C)C(NC(=O)NCc1ccccc1)C(=O)NC1CCOC2(CCS(=O)(=O)C2)C1. The highest BCUT2D eigenvalue weighted by atomic mass is 32.2. The first-order valence-corrected chi connectivity index (χ1v) is 12.2. The molecule has 166 valence electrons. The molecule has 1 spiro atoms. The summed E-state index contributed by atoms with van der Waals surface area (Å²) < 4.78 is 29.6. The number of rotatable bonds is 6. The number of urea groups is 1. The third-order valence-electron chi connectivity index (χ3n) is 5.72. The Balaban J connectivity index is 1.54. The van der Waals surface area contributed by atoms with Crippen LogP contribution in [0.2, 0.25) is 0 Å². The van der Waals surface area contributed by atoms with Crippen LogP contribution in [0.4, 0.5) is 4.79 Å². The summed E-state index contributed by atoms with van der Waals surface area (Å²) in [4.78, 5) is 25.2. The lowest BCUT2D eigenvalue weighted by Crippen LogP contribution is -2.56. The van der Waals surface area contributed by atoms with E-state index in [0.29, 0.717) is 32.4 Å². The van der Waals surface area contributed by atoms with Crippen LogP contribution in [0, 0.1) is 5.92 Å². The van der Waals surface area contributed by atoms with Crippen LogP contribution in [0.25, 0.3) is 0 Å². The maximum absolute atomic E-state index is 12.9. The fourth-order valence-corrected chi connectivity index (χ4v) is 6.08. The molecule has 2 saturated heterocycles. The van der Waals surface area contributed by atoms with Crippen molar-refractivity contribution in [1.82, 2.24) is 16.0 Å². The average molecular weight is 438 g/mol. The van der Waals surface area contributed by atoms with E-state index in [2.05, 4.69) is 16.0 Å². The molecule has 0 aromatic heterocycles. The largest absolute Gasteiger partial charge is 0.374 e. The zero-order chi connectivity index (χ0) is 21.8. The van der Waals surface area contributed by atoms with Crippen LogP contribution in [-0.2, 0) is 25.9 Å². The molecule has 1 aromatic carbocycles. The van der Waals surface area contributed by atoms with Gasteiger partial charge in [0.2, 0.25) is 5.91 Å². The van der Waals surface area contributed by atoms with E-state index in [1.165, 1.54) is 0 Å². The number of carbonyl (C=O) groups is 2. The van der Waals surface area contributed by atoms with Crippen molar-refractivity contribution in [2.24, 2.45) is 5.92 Å². The summed E-state index contributed by atoms with van der Waals surface area (Å²) in [5.41, 5.74) is 0.278. The van der Waals surface area contributed by atoms with Gasteiger partial charge < -0.3 is 20.7 Å². The lowest BCUT2D eigenvalue weighted by molar-refractivity contribution is -0.127. The van der Waals surface area contributed by atoms with Crippen LogP contribution in [0.5, 0.6) is 0 Å². The summed E-state index contributed by atoms with van der Waals surface area (Å²) in [6.45, 7) is 4.53. The Labute approximate surface area is 178 Å². The van der Waals surface area contributed by atoms with Gasteiger partial charge in [0.1, 0.15) is 6.04 Å². The first-order chi connectivity index (χ1) is 14.2. The van der Waals surface area contributed by atoms with Gasteiger partial charge in [-0.2, -0.15) is 0 Å². The molecule has 9 heteroatoms. The molecule has 2 aliphatic heterocycles. The van der Waals surface area contributed by atoms with E-state index >= 15 is 0 Å². The predicted molar refractivity (Wildman–Crippen MR) is 114 cm³/mol. The molecule has 2 heterocycles. The van der Waals surface area contributed by atoms with Crippen molar-refractivity contribution in [2.75, 3.05) is 18.1 Å². The highest BCUT2D eigenvalue weighted by Gasteiger charge is 2.47. The van der Waals surface area contributed by atoms with Crippen LogP contribution in [-0.4, -0.2) is 56.2 Å². The summed E-state index contributed by atoms with van der Waals surface area (Å²) in [7, 11) is -3.08. The minimum absolute atomic E-state index is 0.0140. The molecular formula is C21H31N3O5S. The Bertz CT molecular complexity index is 859. The second kappa shape index (κ2) is 9.34. The Morgan fingerprint density at radius 3 is 2.60 bits per heavy atom. The maximum Gasteiger partial charge on any atom is 0.315 e. The van der Waals surface area contributed by atoms with Gasteiger partial charge in [-0.25, -0.2) is 13.2 Å². The Hall–Kier alpha value is -2.13. The van der Waals surface area contributed by atoms with Crippen LogP contribution in [0.1, 0.15) is 38.7 Å². The fraction of sp³-hybridized carbons (Fsp3) is 0.619. The zero-order valence-electron chi connectivity index (χ0n) is 17.5. The number of hydrogen-bond acceptors (Lipinski definition) is 5. The van der Waals surface area contributed by atoms with Gasteiger partial charge >= 0.3 is 6.03 Å². The Morgan fingerprint density at radius 2 is 1.97 bits per heavy atom. The van der Waals surface area contributed by atoms with Crippen molar-refractivity contribution < 1.29 is 22.7 Å². The highest BCUT2D eigenvalue weighted by Crippen LogP contribution is 2.35. The van der Waals surface area contributed by atoms with E-state index in [9.17, 15) is 18.0 Å². The molecule has 3 unspecified atom stereocenters. The molecule has 3 amide bonds. The van der Waals surface area contributed by atoms with E-state index in [4.69, 9.17) is 4.74 Å². The molecule has 0 bridgehead atoms. The minimum atomic E-state index is -3.08. The van der Waals surface area contributed by atoms with Gasteiger partial charge in [0.05, 0.1) is 17.1 Å². The molecule has 1 aromatic rings. The van der Waals surface area contributed by atoms with Gasteiger partial charge in [-0.15, -0.1) is 0 Å². The standard InChI is InChI=1S/C21H31N3O5S/c1-15(2)18(24-20(26)22-13-16-6-4-3-5-7-16)19(25)23-17-8-10-29-21(12-17)9-11-30(27,28)14-21/h3-7,15,17-18H,8-14H2,1-2H3,(H,23,25)(H2,22,24,26). The maximum atomic E-state index is 12.9. The number of carbonyl (C=O) groups excluding carboxylic acids is 2. The topological polar surface area (TPSA) is 114 Å². The number of sulfone groups is 1. The van der Waals surface area contributed by atoms with Crippen molar-refractivity contribution >= 4 is 21.8 Å². The van der Waals surface area contributed by atoms with E-state index < -0.39 is 27.5 Å². The minimum Gasteiger partial charge on any atom is -0.374 e. The summed E-state index contributed by atoms with van der Waals surface area (Å²) in [6.07, 6.45) is 1.57. The Morgan fingerprint density at radius 1 is 1.23 bits per heavy atom. The van der Waals surface area contributed by atoms with Crippen LogP contribution >= 0.6 is 0 Å². The van der Waals surface area contributed by atoms with E-state index in [1.54, 1.807) is 0 Å². The van der Waals surface area contributed by atoms with Crippen LogP contribution < -0.4 is 16.0 Å². The van der Waals surface area contributed by atoms with Crippen LogP contribution in [0.3, 0.4) is 0 Å². The van der Waals surface area contributed by atoms with Crippen molar-refractivity contribution in [3.05, 3.63) is 35.9 Å². The summed E-state index contributed by atoms with van der Waals surface area (Å²) in [5, 5.41) is 8.54. The van der Waals surface area contributed by atoms with Gasteiger partial charge in [-0.05, 0) is 30.7 Å². The molecule has 0 radical (unpaired) electrons. The molecular weight excluding hydrogens is 406 g/mol. The number of benzene rings is 1. The van der Waals surface area contributed by atoms with E-state index in [-0.39, 0.29) is 29.4 Å². The third-order valence-corrected chi connectivity index (χ3v) is 7.51. The molecule has 8 nitrogen and oxygen atoms in total. The molecule has 2 fully saturated rings. The molecule has 3 atom stereocenters. The lowest BCUT2D eigenvalue weighted by atomic mass is 9.89. The summed E-state index contributed by atoms with van der Waals surface area (Å²) in [5.74, 6) is -0.221. The quantitative estimate of drug-likeness (QED) is 0.622. The number of amides is 3. The first kappa shape index (κ1) is 22.6. The van der Waals surface area contributed by atoms with Gasteiger partial charge in [0.15, 0.2) is 9.84 Å². The van der Waals surface area contributed by atoms with Crippen molar-refractivity contribution in [1.29, 1.82) is 0 Å². The Kier molecular flexibility index (Phi) is 7.02. The fourth-order valence-electron chi connectivity index (χ4n) is 4.11. The number of hydrogen-bond donors (Lipinski definition) is 3. The molecule has 0 saturated carbocycles. The predicted octanol–water partition coefficient (Wildman–Crippen LogP) is 1.36. The third kappa shape index (κ3) is 5.95.